The van der Waals surface area contributed by atoms with Gasteiger partial charge in [-0.2, -0.15) is 0 Å². The van der Waals surface area contributed by atoms with Gasteiger partial charge < -0.3 is 20.1 Å². The Morgan fingerprint density at radius 2 is 1.91 bits per heavy atom. The first kappa shape index (κ1) is 22.9. The molecule has 0 bridgehead atoms. The van der Waals surface area contributed by atoms with E-state index in [1.807, 2.05) is 11.0 Å². The number of carboxylic acids is 1. The number of ether oxygens (including phenoxy) is 1. The van der Waals surface area contributed by atoms with E-state index in [1.165, 1.54) is 17.0 Å². The van der Waals surface area contributed by atoms with Crippen LogP contribution in [0.3, 0.4) is 0 Å². The van der Waals surface area contributed by atoms with Gasteiger partial charge >= 0.3 is 12.0 Å². The molecule has 0 aliphatic carbocycles. The van der Waals surface area contributed by atoms with Gasteiger partial charge in [-0.1, -0.05) is 17.7 Å². The zero-order valence-electron chi connectivity index (χ0n) is 18.4. The first-order chi connectivity index (χ1) is 16.9. The van der Waals surface area contributed by atoms with Gasteiger partial charge in [-0.25, -0.2) is 19.2 Å². The molecule has 0 saturated carbocycles. The lowest BCUT2D eigenvalue weighted by molar-refractivity contribution is -0.140. The number of hydrogen-bond donors (Lipinski definition) is 2. The number of carbonyl (C=O) groups excluding carboxylic acids is 1. The van der Waals surface area contributed by atoms with E-state index in [-0.39, 0.29) is 17.3 Å². The molecule has 1 aromatic heterocycles. The number of aliphatic carboxylic acids is 1. The van der Waals surface area contributed by atoms with Crippen molar-refractivity contribution in [1.82, 2.24) is 9.97 Å². The molecule has 2 aliphatic heterocycles. The Balaban J connectivity index is 1.32. The predicted molar refractivity (Wildman–Crippen MR) is 129 cm³/mol. The summed E-state index contributed by atoms with van der Waals surface area (Å²) >= 11 is 5.78. The van der Waals surface area contributed by atoms with Gasteiger partial charge in [-0.05, 0) is 42.3 Å². The third-order valence-electron chi connectivity index (χ3n) is 6.03. The van der Waals surface area contributed by atoms with Crippen LogP contribution in [0.15, 0.2) is 48.8 Å². The van der Waals surface area contributed by atoms with Crippen molar-refractivity contribution in [3.05, 3.63) is 59.6 Å². The average molecular weight is 498 g/mol. The maximum atomic E-state index is 14.1. The fourth-order valence-corrected chi connectivity index (χ4v) is 4.32. The second-order valence-corrected chi connectivity index (χ2v) is 8.71. The first-order valence-electron chi connectivity index (χ1n) is 11.0. The molecule has 35 heavy (non-hydrogen) atoms. The molecule has 0 spiro atoms. The predicted octanol–water partition coefficient (Wildman–Crippen LogP) is 4.28. The van der Waals surface area contributed by atoms with E-state index < -0.39 is 23.7 Å². The second kappa shape index (κ2) is 9.38. The number of urea groups is 1. The number of anilines is 3. The van der Waals surface area contributed by atoms with Crippen LogP contribution in [0.1, 0.15) is 6.42 Å². The maximum absolute atomic E-state index is 14.1. The Morgan fingerprint density at radius 1 is 1.11 bits per heavy atom. The Bertz CT molecular complexity index is 1290. The van der Waals surface area contributed by atoms with Crippen LogP contribution in [0.5, 0.6) is 5.75 Å². The Hall–Kier alpha value is -3.92. The molecule has 2 N–H and O–H groups in total. The van der Waals surface area contributed by atoms with Gasteiger partial charge in [0.1, 0.15) is 18.2 Å². The molecule has 2 amide bonds. The lowest BCUT2D eigenvalue weighted by Crippen LogP contribution is -2.40. The number of halogens is 2. The van der Waals surface area contributed by atoms with Gasteiger partial charge in [-0.3, -0.25) is 9.69 Å². The first-order valence-corrected chi connectivity index (χ1v) is 11.4. The number of nitrogens with one attached hydrogen (secondary N) is 1. The third kappa shape index (κ3) is 4.69. The summed E-state index contributed by atoms with van der Waals surface area (Å²) in [7, 11) is 0. The molecule has 3 heterocycles. The summed E-state index contributed by atoms with van der Waals surface area (Å²) in [5, 5.41) is 12.0. The summed E-state index contributed by atoms with van der Waals surface area (Å²) in [5.41, 5.74) is 2.14. The number of carbonyl (C=O) groups is 2. The second-order valence-electron chi connectivity index (χ2n) is 8.28. The maximum Gasteiger partial charge on any atom is 0.326 e. The van der Waals surface area contributed by atoms with Crippen molar-refractivity contribution >= 4 is 40.9 Å². The highest BCUT2D eigenvalue weighted by Gasteiger charge is 2.29. The standard InChI is InChI=1S/C24H21ClFN5O4/c25-17-2-3-19(18(26)10-17)29-24(34)31-7-8-35-21-9-14(1-4-20(21)31)16-11-27-23(28-12-16)30-6-5-15(13-30)22(32)33/h1-4,9-12,15H,5-8,13H2,(H,29,34)(H,32,33). The number of hydrogen-bond acceptors (Lipinski definition) is 6. The Labute approximate surface area is 205 Å². The summed E-state index contributed by atoms with van der Waals surface area (Å²) < 4.78 is 19.9. The minimum Gasteiger partial charge on any atom is -0.490 e. The molecule has 5 rings (SSSR count). The molecule has 11 heteroatoms. The molecule has 2 aliphatic rings. The highest BCUT2D eigenvalue weighted by atomic mass is 35.5. The third-order valence-corrected chi connectivity index (χ3v) is 6.27. The quantitative estimate of drug-likeness (QED) is 0.554. The van der Waals surface area contributed by atoms with Crippen LogP contribution in [0.4, 0.5) is 26.5 Å². The van der Waals surface area contributed by atoms with Gasteiger partial charge in [0, 0.05) is 36.1 Å². The van der Waals surface area contributed by atoms with Gasteiger partial charge in [-0.15, -0.1) is 0 Å². The van der Waals surface area contributed by atoms with Crippen LogP contribution in [0, 0.1) is 11.7 Å². The van der Waals surface area contributed by atoms with Crippen molar-refractivity contribution in [2.75, 3.05) is 41.4 Å². The fraction of sp³-hybridized carbons (Fsp3) is 0.250. The molecule has 1 atom stereocenters. The van der Waals surface area contributed by atoms with E-state index in [9.17, 15) is 19.1 Å². The Morgan fingerprint density at radius 3 is 2.63 bits per heavy atom. The van der Waals surface area contributed by atoms with E-state index in [1.54, 1.807) is 24.5 Å². The number of carboxylic acid groups (broad SMARTS) is 1. The molecule has 1 fully saturated rings. The molecule has 9 nitrogen and oxygen atoms in total. The molecule has 3 aromatic rings. The lowest BCUT2D eigenvalue weighted by atomic mass is 10.1. The van der Waals surface area contributed by atoms with Crippen LogP contribution < -0.4 is 19.9 Å². The normalized spacial score (nSPS) is 17.0. The largest absolute Gasteiger partial charge is 0.490 e. The van der Waals surface area contributed by atoms with Crippen molar-refractivity contribution in [2.24, 2.45) is 5.92 Å². The van der Waals surface area contributed by atoms with E-state index in [4.69, 9.17) is 16.3 Å². The van der Waals surface area contributed by atoms with E-state index in [0.29, 0.717) is 43.4 Å². The average Bonchev–Trinajstić information content (AvgIpc) is 3.36. The molecule has 2 aromatic carbocycles. The van der Waals surface area contributed by atoms with E-state index in [0.717, 1.165) is 17.2 Å². The molecule has 180 valence electrons. The molecular weight excluding hydrogens is 477 g/mol. The van der Waals surface area contributed by atoms with Gasteiger partial charge in [0.25, 0.3) is 0 Å². The number of amides is 2. The highest BCUT2D eigenvalue weighted by Crippen LogP contribution is 2.36. The van der Waals surface area contributed by atoms with Crippen LogP contribution in [-0.4, -0.2) is 53.3 Å². The minimum atomic E-state index is -0.806. The monoisotopic (exact) mass is 497 g/mol. The van der Waals surface area contributed by atoms with Crippen molar-refractivity contribution in [3.63, 3.8) is 0 Å². The summed E-state index contributed by atoms with van der Waals surface area (Å²) in [4.78, 5) is 36.2. The van der Waals surface area contributed by atoms with Gasteiger partial charge in [0.05, 0.1) is 23.8 Å². The molecular formula is C24H21ClFN5O4. The number of nitrogens with zero attached hydrogens (tertiary/aromatic N) is 4. The number of aromatic nitrogens is 2. The van der Waals surface area contributed by atoms with Gasteiger partial charge in [0.2, 0.25) is 5.95 Å². The van der Waals surface area contributed by atoms with Crippen molar-refractivity contribution < 1.29 is 23.8 Å². The van der Waals surface area contributed by atoms with Crippen LogP contribution in [-0.2, 0) is 4.79 Å². The van der Waals surface area contributed by atoms with E-state index in [2.05, 4.69) is 15.3 Å². The van der Waals surface area contributed by atoms with Crippen molar-refractivity contribution in [3.8, 4) is 16.9 Å². The van der Waals surface area contributed by atoms with Gasteiger partial charge in [0.15, 0.2) is 0 Å². The summed E-state index contributed by atoms with van der Waals surface area (Å²) in [6, 6.07) is 8.94. The SMILES string of the molecule is O=C(O)C1CCN(c2ncc(-c3ccc4c(c3)OCCN4C(=O)Nc3ccc(Cl)cc3F)cn2)C1. The number of fused-ring (bicyclic) bond motifs is 1. The fourth-order valence-electron chi connectivity index (χ4n) is 4.16. The van der Waals surface area contributed by atoms with Crippen LogP contribution in [0.25, 0.3) is 11.1 Å². The van der Waals surface area contributed by atoms with E-state index >= 15 is 0 Å². The van der Waals surface area contributed by atoms with Crippen LogP contribution in [0.2, 0.25) is 5.02 Å². The van der Waals surface area contributed by atoms with Crippen molar-refractivity contribution in [2.45, 2.75) is 6.42 Å². The lowest BCUT2D eigenvalue weighted by Gasteiger charge is -2.30. The highest BCUT2D eigenvalue weighted by molar-refractivity contribution is 6.30. The zero-order chi connectivity index (χ0) is 24.5. The molecule has 1 unspecified atom stereocenters. The number of rotatable bonds is 4. The molecule has 0 radical (unpaired) electrons. The van der Waals surface area contributed by atoms with Crippen molar-refractivity contribution in [1.29, 1.82) is 0 Å². The summed E-state index contributed by atoms with van der Waals surface area (Å²) in [6.45, 7) is 1.57. The summed E-state index contributed by atoms with van der Waals surface area (Å²) in [6.07, 6.45) is 3.92. The van der Waals surface area contributed by atoms with Crippen LogP contribution >= 0.6 is 11.6 Å². The Kier molecular flexibility index (Phi) is 6.12. The smallest absolute Gasteiger partial charge is 0.326 e. The zero-order valence-corrected chi connectivity index (χ0v) is 19.2. The molecule has 1 saturated heterocycles. The number of benzene rings is 2. The topological polar surface area (TPSA) is 108 Å². The minimum absolute atomic E-state index is 0.0361. The summed E-state index contributed by atoms with van der Waals surface area (Å²) in [5.74, 6) is -0.838.